The number of aliphatic hydroxyl groups is 1. The van der Waals surface area contributed by atoms with Crippen LogP contribution in [0.15, 0.2) is 114 Å². The summed E-state index contributed by atoms with van der Waals surface area (Å²) in [6.45, 7) is 3.66. The van der Waals surface area contributed by atoms with Crippen LogP contribution >= 0.6 is 0 Å². The molecule has 1 fully saturated rings. The Balaban J connectivity index is 0.965. The zero-order valence-electron chi connectivity index (χ0n) is 29.0. The topological polar surface area (TPSA) is 147 Å². The smallest absolute Gasteiger partial charge is 0.411 e. The number of hydrogen-bond acceptors (Lipinski definition) is 8. The van der Waals surface area contributed by atoms with Crippen molar-refractivity contribution in [1.29, 1.82) is 0 Å². The van der Waals surface area contributed by atoms with E-state index in [0.29, 0.717) is 62.1 Å². The number of piperidine rings is 1. The molecule has 5 N–H and O–H groups in total. The lowest BCUT2D eigenvalue weighted by molar-refractivity contribution is -0.132. The van der Waals surface area contributed by atoms with E-state index in [1.54, 1.807) is 12.1 Å². The van der Waals surface area contributed by atoms with Crippen LogP contribution in [0.2, 0.25) is 0 Å². The van der Waals surface area contributed by atoms with Crippen molar-refractivity contribution in [2.24, 2.45) is 0 Å². The number of H-pyrrole nitrogens is 1. The number of phenolic OH excluding ortho intramolecular Hbond substituents is 1. The van der Waals surface area contributed by atoms with Crippen LogP contribution in [-0.2, 0) is 16.1 Å². The van der Waals surface area contributed by atoms with Gasteiger partial charge in [0, 0.05) is 69.3 Å². The Morgan fingerprint density at radius 1 is 0.904 bits per heavy atom. The minimum atomic E-state index is -0.893. The molecule has 6 rings (SSSR count). The van der Waals surface area contributed by atoms with Gasteiger partial charge >= 0.3 is 6.09 Å². The van der Waals surface area contributed by atoms with Crippen molar-refractivity contribution in [2.75, 3.05) is 44.6 Å². The van der Waals surface area contributed by atoms with Crippen LogP contribution in [0.5, 0.6) is 5.75 Å². The molecule has 0 spiro atoms. The van der Waals surface area contributed by atoms with Gasteiger partial charge in [-0.3, -0.25) is 14.9 Å². The van der Waals surface area contributed by atoms with Crippen LogP contribution < -0.4 is 16.2 Å². The molecule has 0 aliphatic carbocycles. The number of phenols is 1. The molecule has 1 aromatic heterocycles. The summed E-state index contributed by atoms with van der Waals surface area (Å²) in [5, 5.41) is 27.9. The minimum absolute atomic E-state index is 0.0366. The summed E-state index contributed by atoms with van der Waals surface area (Å²) in [6, 6.07) is 33.5. The maximum atomic E-state index is 13.6. The fourth-order valence-corrected chi connectivity index (χ4v) is 6.62. The SMILES string of the molecule is O=C(Nc1ccccc1-c1ccccc1)OC1CCN(CCC(=O)N(CCNCC(O)c2ccc(O)c3[nH]c(=O)ccc23)Cc2ccccc2)CC1. The maximum Gasteiger partial charge on any atom is 0.411 e. The minimum Gasteiger partial charge on any atom is -0.506 e. The molecule has 2 heterocycles. The van der Waals surface area contributed by atoms with Gasteiger partial charge in [0.25, 0.3) is 0 Å². The Kier molecular flexibility index (Phi) is 12.3. The Labute approximate surface area is 302 Å². The number of likely N-dealkylation sites (tertiary alicyclic amines) is 1. The van der Waals surface area contributed by atoms with Gasteiger partial charge in [-0.2, -0.15) is 0 Å². The lowest BCUT2D eigenvalue weighted by atomic mass is 10.0. The second kappa shape index (κ2) is 17.6. The van der Waals surface area contributed by atoms with E-state index in [-0.39, 0.29) is 35.4 Å². The average molecular weight is 704 g/mol. The predicted molar refractivity (Wildman–Crippen MR) is 202 cm³/mol. The van der Waals surface area contributed by atoms with E-state index >= 15 is 0 Å². The fraction of sp³-hybridized carbons (Fsp3) is 0.293. The molecule has 11 nitrogen and oxygen atoms in total. The number of carbonyl (C=O) groups excluding carboxylic acids is 2. The van der Waals surface area contributed by atoms with Crippen LogP contribution in [0, 0.1) is 0 Å². The highest BCUT2D eigenvalue weighted by atomic mass is 16.6. The zero-order chi connectivity index (χ0) is 36.3. The molecule has 0 bridgehead atoms. The second-order valence-electron chi connectivity index (χ2n) is 13.0. The van der Waals surface area contributed by atoms with E-state index in [0.717, 1.165) is 29.8 Å². The first kappa shape index (κ1) is 36.3. The molecular formula is C41H45N5O6. The molecule has 4 aromatic carbocycles. The molecule has 5 aromatic rings. The number of amides is 2. The molecule has 0 saturated carbocycles. The van der Waals surface area contributed by atoms with Gasteiger partial charge in [-0.1, -0.05) is 84.9 Å². The number of nitrogens with one attached hydrogen (secondary N) is 3. The molecule has 11 heteroatoms. The Morgan fingerprint density at radius 2 is 1.62 bits per heavy atom. The van der Waals surface area contributed by atoms with E-state index < -0.39 is 12.2 Å². The lowest BCUT2D eigenvalue weighted by Gasteiger charge is -2.32. The van der Waals surface area contributed by atoms with Crippen molar-refractivity contribution in [3.05, 3.63) is 131 Å². The number of benzene rings is 4. The number of pyridine rings is 1. The third-order valence-electron chi connectivity index (χ3n) is 9.43. The number of nitrogens with zero attached hydrogens (tertiary/aromatic N) is 2. The number of aromatic hydroxyl groups is 1. The lowest BCUT2D eigenvalue weighted by Crippen LogP contribution is -2.42. The average Bonchev–Trinajstić information content (AvgIpc) is 3.17. The van der Waals surface area contributed by atoms with E-state index in [1.165, 1.54) is 12.1 Å². The maximum absolute atomic E-state index is 13.6. The van der Waals surface area contributed by atoms with Gasteiger partial charge in [0.2, 0.25) is 11.5 Å². The molecule has 270 valence electrons. The van der Waals surface area contributed by atoms with Crippen LogP contribution in [0.1, 0.15) is 36.5 Å². The second-order valence-corrected chi connectivity index (χ2v) is 13.0. The van der Waals surface area contributed by atoms with Gasteiger partial charge in [-0.25, -0.2) is 4.79 Å². The summed E-state index contributed by atoms with van der Waals surface area (Å²) in [5.74, 6) is -0.0251. The number of aromatic amines is 1. The monoisotopic (exact) mass is 703 g/mol. The summed E-state index contributed by atoms with van der Waals surface area (Å²) in [4.78, 5) is 44.9. The van der Waals surface area contributed by atoms with Crippen LogP contribution in [0.25, 0.3) is 22.0 Å². The highest BCUT2D eigenvalue weighted by Crippen LogP contribution is 2.29. The van der Waals surface area contributed by atoms with Gasteiger partial charge in [-0.15, -0.1) is 0 Å². The first-order valence-corrected chi connectivity index (χ1v) is 17.7. The number of hydrogen-bond donors (Lipinski definition) is 5. The Hall–Kier alpha value is -5.49. The third kappa shape index (κ3) is 9.64. The third-order valence-corrected chi connectivity index (χ3v) is 9.43. The predicted octanol–water partition coefficient (Wildman–Crippen LogP) is 5.66. The number of para-hydroxylation sites is 1. The summed E-state index contributed by atoms with van der Waals surface area (Å²) >= 11 is 0. The quantitative estimate of drug-likeness (QED) is 0.0933. The van der Waals surface area contributed by atoms with Gasteiger partial charge in [-0.05, 0) is 47.7 Å². The molecular weight excluding hydrogens is 658 g/mol. The number of anilines is 1. The largest absolute Gasteiger partial charge is 0.506 e. The fourth-order valence-electron chi connectivity index (χ4n) is 6.62. The number of rotatable bonds is 14. The van der Waals surface area contributed by atoms with Gasteiger partial charge in [0.05, 0.1) is 17.3 Å². The highest BCUT2D eigenvalue weighted by molar-refractivity contribution is 5.91. The van der Waals surface area contributed by atoms with Crippen LogP contribution in [0.4, 0.5) is 10.5 Å². The summed E-state index contributed by atoms with van der Waals surface area (Å²) in [6.07, 6.45) is 0.171. The number of ether oxygens (including phenoxy) is 1. The number of fused-ring (bicyclic) bond motifs is 1. The number of carbonyl (C=O) groups is 2. The van der Waals surface area contributed by atoms with Gasteiger partial charge in [0.15, 0.2) is 0 Å². The molecule has 2 amide bonds. The summed E-state index contributed by atoms with van der Waals surface area (Å²) in [5.41, 5.74) is 4.20. The number of aromatic nitrogens is 1. The summed E-state index contributed by atoms with van der Waals surface area (Å²) < 4.78 is 5.79. The van der Waals surface area contributed by atoms with Crippen molar-refractivity contribution in [1.82, 2.24) is 20.1 Å². The van der Waals surface area contributed by atoms with Crippen molar-refractivity contribution in [2.45, 2.75) is 38.0 Å². The number of aliphatic hydroxyl groups excluding tert-OH is 1. The van der Waals surface area contributed by atoms with Crippen molar-refractivity contribution in [3.63, 3.8) is 0 Å². The van der Waals surface area contributed by atoms with Crippen LogP contribution in [-0.4, -0.2) is 82.4 Å². The molecule has 0 radical (unpaired) electrons. The van der Waals surface area contributed by atoms with Crippen molar-refractivity contribution < 1.29 is 24.5 Å². The molecule has 1 aliphatic rings. The van der Waals surface area contributed by atoms with E-state index in [1.807, 2.05) is 89.8 Å². The van der Waals surface area contributed by atoms with E-state index in [2.05, 4.69) is 20.5 Å². The van der Waals surface area contributed by atoms with Crippen molar-refractivity contribution in [3.8, 4) is 16.9 Å². The highest BCUT2D eigenvalue weighted by Gasteiger charge is 2.24. The van der Waals surface area contributed by atoms with Gasteiger partial charge in [0.1, 0.15) is 11.9 Å². The zero-order valence-corrected chi connectivity index (χ0v) is 29.0. The standard InChI is InChI=1S/C41H45N5O6/c47-36-17-15-33(34-16-18-38(49)44-40(34)36)37(48)27-42-22-26-46(28-29-9-3-1-4-10-29)39(50)21-25-45-23-19-31(20-24-45)52-41(51)43-35-14-8-7-13-32(35)30-11-5-2-6-12-30/h1-18,31,37,42,47-48H,19-28H2,(H,43,51)(H,44,49). The van der Waals surface area contributed by atoms with E-state index in [4.69, 9.17) is 4.74 Å². The van der Waals surface area contributed by atoms with Gasteiger partial charge < -0.3 is 35.1 Å². The van der Waals surface area contributed by atoms with E-state index in [9.17, 15) is 24.6 Å². The normalized spacial score (nSPS) is 14.2. The molecule has 1 aliphatic heterocycles. The molecule has 1 atom stereocenters. The van der Waals surface area contributed by atoms with Crippen LogP contribution in [0.3, 0.4) is 0 Å². The first-order chi connectivity index (χ1) is 25.3. The molecule has 1 unspecified atom stereocenters. The summed E-state index contributed by atoms with van der Waals surface area (Å²) in [7, 11) is 0. The molecule has 52 heavy (non-hydrogen) atoms. The first-order valence-electron chi connectivity index (χ1n) is 17.7. The van der Waals surface area contributed by atoms with Crippen molar-refractivity contribution >= 4 is 28.6 Å². The Bertz CT molecular complexity index is 2000. The Morgan fingerprint density at radius 3 is 2.38 bits per heavy atom. The molecule has 1 saturated heterocycles.